The van der Waals surface area contributed by atoms with Crippen LogP contribution in [-0.2, 0) is 19.6 Å². The predicted molar refractivity (Wildman–Crippen MR) is 90.7 cm³/mol. The second kappa shape index (κ2) is 6.54. The highest BCUT2D eigenvalue weighted by Gasteiger charge is 2.25. The molecule has 0 unspecified atom stereocenters. The van der Waals surface area contributed by atoms with Gasteiger partial charge < -0.3 is 15.0 Å². The van der Waals surface area contributed by atoms with Gasteiger partial charge in [-0.25, -0.2) is 18.4 Å². The Kier molecular flexibility index (Phi) is 4.43. The number of esters is 1. The molecule has 0 atom stereocenters. The molecule has 0 saturated carbocycles. The zero-order valence-corrected chi connectivity index (χ0v) is 13.8. The summed E-state index contributed by atoms with van der Waals surface area (Å²) >= 11 is 0. The van der Waals surface area contributed by atoms with Gasteiger partial charge in [-0.2, -0.15) is 0 Å². The van der Waals surface area contributed by atoms with Crippen LogP contribution in [0.1, 0.15) is 0 Å². The van der Waals surface area contributed by atoms with Gasteiger partial charge in [-0.05, 0) is 30.3 Å². The number of nitrogens with two attached hydrogens (primary N) is 1. The number of hydrogen-bond donors (Lipinski definition) is 2. The maximum absolute atomic E-state index is 12.3. The summed E-state index contributed by atoms with van der Waals surface area (Å²) in [5.41, 5.74) is 0.930. The molecular formula is C16H15N3O5S. The zero-order valence-electron chi connectivity index (χ0n) is 13.0. The quantitative estimate of drug-likeness (QED) is 0.611. The number of amides is 1. The molecule has 0 bridgehead atoms. The molecule has 0 aliphatic carbocycles. The number of carbonyl (C=O) groups excluding carboxylic acids is 2. The molecule has 0 radical (unpaired) electrons. The number of para-hydroxylation sites is 2. The Hall–Kier alpha value is -2.91. The van der Waals surface area contributed by atoms with E-state index in [1.807, 2.05) is 0 Å². The Morgan fingerprint density at radius 1 is 1.20 bits per heavy atom. The summed E-state index contributed by atoms with van der Waals surface area (Å²) in [5.74, 6) is -0.471. The molecule has 1 heterocycles. The molecule has 0 fully saturated rings. The number of benzene rings is 2. The maximum Gasteiger partial charge on any atom is 0.331 e. The van der Waals surface area contributed by atoms with Crippen LogP contribution in [-0.4, -0.2) is 33.4 Å². The molecule has 8 nitrogen and oxygen atoms in total. The minimum Gasteiger partial charge on any atom is -0.423 e. The minimum atomic E-state index is -3.86. The Labute approximate surface area is 144 Å². The van der Waals surface area contributed by atoms with Gasteiger partial charge in [0.05, 0.1) is 17.1 Å². The molecule has 2 aromatic carbocycles. The molecule has 1 aliphatic rings. The summed E-state index contributed by atoms with van der Waals surface area (Å²) in [5, 5.41) is 7.67. The first-order valence-electron chi connectivity index (χ1n) is 7.30. The van der Waals surface area contributed by atoms with E-state index in [4.69, 9.17) is 9.88 Å². The average Bonchev–Trinajstić information content (AvgIpc) is 2.54. The number of nitrogens with zero attached hydrogens (tertiary/aromatic N) is 1. The number of rotatable bonds is 4. The van der Waals surface area contributed by atoms with E-state index in [2.05, 4.69) is 5.32 Å². The number of primary sulfonamides is 1. The number of nitrogens with one attached hydrogen (secondary N) is 1. The minimum absolute atomic E-state index is 0.0539. The lowest BCUT2D eigenvalue weighted by Crippen LogP contribution is -2.41. The largest absolute Gasteiger partial charge is 0.423 e. The van der Waals surface area contributed by atoms with Gasteiger partial charge >= 0.3 is 5.97 Å². The summed E-state index contributed by atoms with van der Waals surface area (Å²) in [4.78, 5) is 25.4. The molecule has 0 spiro atoms. The third kappa shape index (κ3) is 3.95. The Balaban J connectivity index is 1.75. The average molecular weight is 361 g/mol. The van der Waals surface area contributed by atoms with Crippen molar-refractivity contribution in [2.45, 2.75) is 4.90 Å². The third-order valence-corrected chi connectivity index (χ3v) is 4.44. The first-order valence-corrected chi connectivity index (χ1v) is 8.85. The molecule has 1 amide bonds. The van der Waals surface area contributed by atoms with Crippen LogP contribution in [0.15, 0.2) is 53.4 Å². The van der Waals surface area contributed by atoms with E-state index < -0.39 is 21.9 Å². The number of anilines is 2. The van der Waals surface area contributed by atoms with Crippen molar-refractivity contribution in [1.29, 1.82) is 0 Å². The van der Waals surface area contributed by atoms with E-state index in [1.165, 1.54) is 18.2 Å². The Bertz CT molecular complexity index is 942. The van der Waals surface area contributed by atoms with E-state index in [0.717, 1.165) is 0 Å². The van der Waals surface area contributed by atoms with Crippen molar-refractivity contribution in [2.24, 2.45) is 5.14 Å². The van der Waals surface area contributed by atoms with Gasteiger partial charge in [-0.1, -0.05) is 18.2 Å². The van der Waals surface area contributed by atoms with Crippen molar-refractivity contribution in [1.82, 2.24) is 0 Å². The lowest BCUT2D eigenvalue weighted by Gasteiger charge is -2.29. The maximum atomic E-state index is 12.3. The van der Waals surface area contributed by atoms with E-state index in [1.54, 1.807) is 35.2 Å². The van der Waals surface area contributed by atoms with Gasteiger partial charge in [-0.3, -0.25) is 4.79 Å². The molecule has 1 aliphatic heterocycles. The van der Waals surface area contributed by atoms with Crippen molar-refractivity contribution in [2.75, 3.05) is 23.3 Å². The SMILES string of the molecule is NS(=O)(=O)c1cccc(NC(=O)CN2CC(=O)Oc3ccccc32)c1. The van der Waals surface area contributed by atoms with Gasteiger partial charge in [0.1, 0.15) is 6.54 Å². The number of fused-ring (bicyclic) bond motifs is 1. The van der Waals surface area contributed by atoms with Crippen LogP contribution in [0.5, 0.6) is 5.75 Å². The number of hydrogen-bond acceptors (Lipinski definition) is 6. The molecule has 3 N–H and O–H groups in total. The molecule has 0 saturated heterocycles. The fourth-order valence-corrected chi connectivity index (χ4v) is 3.03. The van der Waals surface area contributed by atoms with Crippen molar-refractivity contribution in [3.63, 3.8) is 0 Å². The van der Waals surface area contributed by atoms with Gasteiger partial charge in [0.2, 0.25) is 15.9 Å². The first kappa shape index (κ1) is 16.9. The van der Waals surface area contributed by atoms with Gasteiger partial charge in [-0.15, -0.1) is 0 Å². The summed E-state index contributed by atoms with van der Waals surface area (Å²) in [6, 6.07) is 12.5. The predicted octanol–water partition coefficient (Wildman–Crippen LogP) is 0.698. The van der Waals surface area contributed by atoms with Crippen LogP contribution < -0.4 is 20.1 Å². The van der Waals surface area contributed by atoms with Crippen molar-refractivity contribution >= 4 is 33.3 Å². The van der Waals surface area contributed by atoms with Crippen LogP contribution in [0.2, 0.25) is 0 Å². The van der Waals surface area contributed by atoms with Crippen LogP contribution in [0.3, 0.4) is 0 Å². The Morgan fingerprint density at radius 3 is 2.72 bits per heavy atom. The zero-order chi connectivity index (χ0) is 18.0. The van der Waals surface area contributed by atoms with E-state index in [9.17, 15) is 18.0 Å². The molecule has 25 heavy (non-hydrogen) atoms. The van der Waals surface area contributed by atoms with Crippen molar-refractivity contribution in [3.05, 3.63) is 48.5 Å². The number of carbonyl (C=O) groups is 2. The lowest BCUT2D eigenvalue weighted by molar-refractivity contribution is -0.133. The topological polar surface area (TPSA) is 119 Å². The van der Waals surface area contributed by atoms with Crippen molar-refractivity contribution in [3.8, 4) is 5.75 Å². The molecule has 2 aromatic rings. The molecular weight excluding hydrogens is 346 g/mol. The van der Waals surface area contributed by atoms with E-state index in [-0.39, 0.29) is 18.0 Å². The summed E-state index contributed by atoms with van der Waals surface area (Å²) in [7, 11) is -3.86. The van der Waals surface area contributed by atoms with Gasteiger partial charge in [0.25, 0.3) is 0 Å². The van der Waals surface area contributed by atoms with Crippen LogP contribution in [0.4, 0.5) is 11.4 Å². The molecule has 9 heteroatoms. The number of sulfonamides is 1. The summed E-state index contributed by atoms with van der Waals surface area (Å²) < 4.78 is 27.9. The van der Waals surface area contributed by atoms with E-state index >= 15 is 0 Å². The molecule has 3 rings (SSSR count). The molecule has 130 valence electrons. The first-order chi connectivity index (χ1) is 11.8. The highest BCUT2D eigenvalue weighted by Crippen LogP contribution is 2.31. The summed E-state index contributed by atoms with van der Waals surface area (Å²) in [6.45, 7) is -0.145. The highest BCUT2D eigenvalue weighted by molar-refractivity contribution is 7.89. The second-order valence-corrected chi connectivity index (χ2v) is 6.98. The van der Waals surface area contributed by atoms with Gasteiger partial charge in [0, 0.05) is 5.69 Å². The van der Waals surface area contributed by atoms with Gasteiger partial charge in [0.15, 0.2) is 5.75 Å². The van der Waals surface area contributed by atoms with Crippen LogP contribution >= 0.6 is 0 Å². The number of ether oxygens (including phenoxy) is 1. The standard InChI is InChI=1S/C16H15N3O5S/c17-25(22,23)12-5-3-4-11(8-12)18-15(20)9-19-10-16(21)24-14-7-2-1-6-13(14)19/h1-8H,9-10H2,(H,18,20)(H2,17,22,23). The van der Waals surface area contributed by atoms with E-state index in [0.29, 0.717) is 17.1 Å². The summed E-state index contributed by atoms with van der Waals surface area (Å²) in [6.07, 6.45) is 0. The highest BCUT2D eigenvalue weighted by atomic mass is 32.2. The van der Waals surface area contributed by atoms with Crippen molar-refractivity contribution < 1.29 is 22.7 Å². The fraction of sp³-hybridized carbons (Fsp3) is 0.125. The van der Waals surface area contributed by atoms with Crippen LogP contribution in [0.25, 0.3) is 0 Å². The van der Waals surface area contributed by atoms with Crippen LogP contribution in [0, 0.1) is 0 Å². The second-order valence-electron chi connectivity index (χ2n) is 5.42. The Morgan fingerprint density at radius 2 is 1.96 bits per heavy atom. The third-order valence-electron chi connectivity index (χ3n) is 3.53. The normalized spacial score (nSPS) is 13.8. The fourth-order valence-electron chi connectivity index (χ4n) is 2.47. The molecule has 0 aromatic heterocycles. The lowest BCUT2D eigenvalue weighted by atomic mass is 10.2. The monoisotopic (exact) mass is 361 g/mol. The smallest absolute Gasteiger partial charge is 0.331 e.